The number of piperidine rings is 1. The number of anilines is 1. The smallest absolute Gasteiger partial charge is 0.243 e. The quantitative estimate of drug-likeness (QED) is 0.650. The van der Waals surface area contributed by atoms with Crippen LogP contribution >= 0.6 is 0 Å². The van der Waals surface area contributed by atoms with Crippen LogP contribution in [0.4, 0.5) is 5.69 Å². The van der Waals surface area contributed by atoms with Crippen molar-refractivity contribution in [3.63, 3.8) is 0 Å². The highest BCUT2D eigenvalue weighted by atomic mass is 32.2. The minimum Gasteiger partial charge on any atom is -0.324 e. The number of pyridine rings is 1. The number of benzene rings is 2. The topological polar surface area (TPSA) is 79.4 Å². The molecule has 0 atom stereocenters. The van der Waals surface area contributed by atoms with Crippen LogP contribution in [-0.4, -0.2) is 36.7 Å². The molecule has 0 unspecified atom stereocenters. The first-order valence-electron chi connectivity index (χ1n) is 10.3. The first-order chi connectivity index (χ1) is 14.5. The lowest BCUT2D eigenvalue weighted by Gasteiger charge is -2.25. The summed E-state index contributed by atoms with van der Waals surface area (Å²) >= 11 is 0. The van der Waals surface area contributed by atoms with E-state index in [-0.39, 0.29) is 5.91 Å². The van der Waals surface area contributed by atoms with Crippen LogP contribution in [-0.2, 0) is 21.2 Å². The fourth-order valence-electron chi connectivity index (χ4n) is 3.76. The Morgan fingerprint density at radius 3 is 2.47 bits per heavy atom. The molecule has 1 saturated heterocycles. The van der Waals surface area contributed by atoms with E-state index < -0.39 is 10.0 Å². The third kappa shape index (κ3) is 4.52. The van der Waals surface area contributed by atoms with Gasteiger partial charge in [-0.2, -0.15) is 4.31 Å². The average molecular weight is 424 g/mol. The number of nitrogens with zero attached hydrogens (tertiary/aromatic N) is 2. The second-order valence-electron chi connectivity index (χ2n) is 7.54. The third-order valence-corrected chi connectivity index (χ3v) is 7.34. The van der Waals surface area contributed by atoms with Gasteiger partial charge in [0, 0.05) is 31.1 Å². The lowest BCUT2D eigenvalue weighted by atomic mass is 10.1. The largest absolute Gasteiger partial charge is 0.324 e. The van der Waals surface area contributed by atoms with E-state index in [0.717, 1.165) is 35.7 Å². The lowest BCUT2D eigenvalue weighted by Crippen LogP contribution is -2.35. The van der Waals surface area contributed by atoms with Crippen LogP contribution in [0.5, 0.6) is 0 Å². The summed E-state index contributed by atoms with van der Waals surface area (Å²) in [6.07, 6.45) is 5.46. The molecule has 6 nitrogen and oxygen atoms in total. The standard InChI is InChI=1S/C23H25N3O3S/c27-22(25-21-8-4-6-19-7-5-15-24-23(19)21)14-11-18-9-12-20(13-10-18)30(28,29)26-16-2-1-3-17-26/h4-10,12-13,15H,1-3,11,14,16-17H2,(H,25,27). The Bertz CT molecular complexity index is 1130. The first-order valence-corrected chi connectivity index (χ1v) is 11.7. The molecule has 0 spiro atoms. The molecule has 0 saturated carbocycles. The van der Waals surface area contributed by atoms with Crippen molar-refractivity contribution in [1.29, 1.82) is 0 Å². The molecule has 1 aliphatic rings. The Kier molecular flexibility index (Phi) is 6.11. The van der Waals surface area contributed by atoms with E-state index in [1.165, 1.54) is 0 Å². The summed E-state index contributed by atoms with van der Waals surface area (Å²) in [5.41, 5.74) is 2.39. The highest BCUT2D eigenvalue weighted by molar-refractivity contribution is 7.89. The number of para-hydroxylation sites is 1. The molecule has 30 heavy (non-hydrogen) atoms. The van der Waals surface area contributed by atoms with E-state index in [0.29, 0.717) is 36.5 Å². The number of rotatable bonds is 6. The fourth-order valence-corrected chi connectivity index (χ4v) is 5.28. The number of carbonyl (C=O) groups is 1. The van der Waals surface area contributed by atoms with Crippen molar-refractivity contribution in [3.05, 3.63) is 66.4 Å². The molecule has 4 rings (SSSR count). The lowest BCUT2D eigenvalue weighted by molar-refractivity contribution is -0.116. The molecule has 2 heterocycles. The summed E-state index contributed by atoms with van der Waals surface area (Å²) in [5, 5.41) is 3.90. The van der Waals surface area contributed by atoms with Crippen molar-refractivity contribution < 1.29 is 13.2 Å². The summed E-state index contributed by atoms with van der Waals surface area (Å²) < 4.78 is 27.0. The van der Waals surface area contributed by atoms with Crippen molar-refractivity contribution in [2.45, 2.75) is 37.0 Å². The number of nitrogens with one attached hydrogen (secondary N) is 1. The highest BCUT2D eigenvalue weighted by Gasteiger charge is 2.25. The molecule has 1 N–H and O–H groups in total. The average Bonchev–Trinajstić information content (AvgIpc) is 2.79. The molecule has 0 aliphatic carbocycles. The van der Waals surface area contributed by atoms with Gasteiger partial charge < -0.3 is 5.32 Å². The van der Waals surface area contributed by atoms with Gasteiger partial charge in [-0.15, -0.1) is 0 Å². The minimum atomic E-state index is -3.42. The summed E-state index contributed by atoms with van der Waals surface area (Å²) in [6.45, 7) is 1.18. The second-order valence-corrected chi connectivity index (χ2v) is 9.48. The molecular weight excluding hydrogens is 398 g/mol. The van der Waals surface area contributed by atoms with E-state index in [9.17, 15) is 13.2 Å². The van der Waals surface area contributed by atoms with E-state index in [2.05, 4.69) is 10.3 Å². The first kappa shape index (κ1) is 20.5. The fraction of sp³-hybridized carbons (Fsp3) is 0.304. The van der Waals surface area contributed by atoms with Crippen molar-refractivity contribution >= 4 is 32.5 Å². The predicted octanol–water partition coefficient (Wildman–Crippen LogP) is 3.98. The number of aromatic nitrogens is 1. The van der Waals surface area contributed by atoms with Gasteiger partial charge in [0.1, 0.15) is 0 Å². The number of amides is 1. The zero-order valence-electron chi connectivity index (χ0n) is 16.8. The Morgan fingerprint density at radius 2 is 1.70 bits per heavy atom. The van der Waals surface area contributed by atoms with Gasteiger partial charge in [-0.05, 0) is 49.1 Å². The monoisotopic (exact) mass is 423 g/mol. The molecule has 1 amide bonds. The van der Waals surface area contributed by atoms with Crippen LogP contribution in [0.15, 0.2) is 65.7 Å². The maximum absolute atomic E-state index is 12.7. The molecule has 0 bridgehead atoms. The van der Waals surface area contributed by atoms with Crippen molar-refractivity contribution in [1.82, 2.24) is 9.29 Å². The maximum atomic E-state index is 12.7. The summed E-state index contributed by atoms with van der Waals surface area (Å²) in [4.78, 5) is 17.1. The second kappa shape index (κ2) is 8.93. The Hall–Kier alpha value is -2.77. The molecule has 2 aromatic carbocycles. The number of carbonyl (C=O) groups excluding carboxylic acids is 1. The predicted molar refractivity (Wildman–Crippen MR) is 118 cm³/mol. The van der Waals surface area contributed by atoms with Gasteiger partial charge in [-0.3, -0.25) is 9.78 Å². The Morgan fingerprint density at radius 1 is 0.967 bits per heavy atom. The van der Waals surface area contributed by atoms with Gasteiger partial charge in [-0.25, -0.2) is 8.42 Å². The van der Waals surface area contributed by atoms with Gasteiger partial charge in [0.2, 0.25) is 15.9 Å². The minimum absolute atomic E-state index is 0.0989. The number of sulfonamides is 1. The summed E-state index contributed by atoms with van der Waals surface area (Å²) in [5.74, 6) is -0.0989. The Balaban J connectivity index is 1.37. The molecule has 0 radical (unpaired) electrons. The van der Waals surface area contributed by atoms with Crippen LogP contribution < -0.4 is 5.32 Å². The third-order valence-electron chi connectivity index (χ3n) is 5.42. The molecular formula is C23H25N3O3S. The van der Waals surface area contributed by atoms with Gasteiger partial charge in [0.25, 0.3) is 0 Å². The van der Waals surface area contributed by atoms with Crippen molar-refractivity contribution in [2.75, 3.05) is 18.4 Å². The van der Waals surface area contributed by atoms with E-state index in [1.54, 1.807) is 34.8 Å². The molecule has 1 aliphatic heterocycles. The molecule has 1 aromatic heterocycles. The zero-order chi connectivity index (χ0) is 21.0. The highest BCUT2D eigenvalue weighted by Crippen LogP contribution is 2.22. The molecule has 156 valence electrons. The van der Waals surface area contributed by atoms with Crippen LogP contribution in [0.1, 0.15) is 31.2 Å². The Labute approximate surface area is 177 Å². The van der Waals surface area contributed by atoms with Crippen molar-refractivity contribution in [2.24, 2.45) is 0 Å². The summed E-state index contributed by atoms with van der Waals surface area (Å²) in [7, 11) is -3.42. The normalized spacial score (nSPS) is 15.2. The van der Waals surface area contributed by atoms with Crippen LogP contribution in [0.25, 0.3) is 10.9 Å². The van der Waals surface area contributed by atoms with Crippen LogP contribution in [0.2, 0.25) is 0 Å². The van der Waals surface area contributed by atoms with E-state index in [1.807, 2.05) is 30.3 Å². The zero-order valence-corrected chi connectivity index (χ0v) is 17.6. The number of hydrogen-bond donors (Lipinski definition) is 1. The number of aryl methyl sites for hydroxylation is 1. The number of fused-ring (bicyclic) bond motifs is 1. The maximum Gasteiger partial charge on any atom is 0.243 e. The van der Waals surface area contributed by atoms with E-state index >= 15 is 0 Å². The van der Waals surface area contributed by atoms with Crippen molar-refractivity contribution in [3.8, 4) is 0 Å². The molecule has 1 fully saturated rings. The SMILES string of the molecule is O=C(CCc1ccc(S(=O)(=O)N2CCCCC2)cc1)Nc1cccc2cccnc12. The van der Waals surface area contributed by atoms with Gasteiger partial charge in [0.15, 0.2) is 0 Å². The van der Waals surface area contributed by atoms with Gasteiger partial charge >= 0.3 is 0 Å². The summed E-state index contributed by atoms with van der Waals surface area (Å²) in [6, 6.07) is 16.4. The van der Waals surface area contributed by atoms with Gasteiger partial charge in [-0.1, -0.05) is 36.8 Å². The van der Waals surface area contributed by atoms with Gasteiger partial charge in [0.05, 0.1) is 16.1 Å². The van der Waals surface area contributed by atoms with Crippen LogP contribution in [0, 0.1) is 0 Å². The van der Waals surface area contributed by atoms with E-state index in [4.69, 9.17) is 0 Å². The van der Waals surface area contributed by atoms with Crippen LogP contribution in [0.3, 0.4) is 0 Å². The molecule has 7 heteroatoms. The number of hydrogen-bond acceptors (Lipinski definition) is 4. The molecule has 3 aromatic rings.